The second kappa shape index (κ2) is 19.2. The van der Waals surface area contributed by atoms with Crippen LogP contribution in [0.3, 0.4) is 0 Å². The Morgan fingerprint density at radius 1 is 0.929 bits per heavy atom. The molecule has 0 bridgehead atoms. The average Bonchev–Trinajstić information content (AvgIpc) is 2.95. The topological polar surface area (TPSA) is 160 Å². The molecule has 12 nitrogen and oxygen atoms in total. The van der Waals surface area contributed by atoms with Crippen LogP contribution in [0, 0.1) is 0 Å². The number of unbranched alkanes of at least 4 members (excludes halogenated alkanes) is 5. The molecule has 42 heavy (non-hydrogen) atoms. The first-order valence-electron chi connectivity index (χ1n) is 14.3. The van der Waals surface area contributed by atoms with E-state index in [1.807, 2.05) is 20.8 Å². The number of likely N-dealkylation sites (N-methyl/N-ethyl adjacent to an activating group) is 1. The van der Waals surface area contributed by atoms with Crippen LogP contribution in [0.2, 0.25) is 0 Å². The van der Waals surface area contributed by atoms with Crippen molar-refractivity contribution in [1.82, 2.24) is 20.9 Å². The quantitative estimate of drug-likeness (QED) is 0.164. The van der Waals surface area contributed by atoms with Gasteiger partial charge in [-0.05, 0) is 46.1 Å². The largest absolute Gasteiger partial charge is 0.483 e. The Morgan fingerprint density at radius 3 is 2.12 bits per heavy atom. The summed E-state index contributed by atoms with van der Waals surface area (Å²) in [5, 5.41) is 7.98. The maximum Gasteiger partial charge on any atom is 0.407 e. The minimum Gasteiger partial charge on any atom is -0.483 e. The van der Waals surface area contributed by atoms with Crippen molar-refractivity contribution in [1.29, 1.82) is 0 Å². The molecule has 0 spiro atoms. The fourth-order valence-electron chi connectivity index (χ4n) is 3.96. The second-order valence-corrected chi connectivity index (χ2v) is 10.9. The molecular weight excluding hydrogens is 544 g/mol. The molecule has 3 N–H and O–H groups in total. The van der Waals surface area contributed by atoms with Gasteiger partial charge in [-0.3, -0.25) is 19.2 Å². The third kappa shape index (κ3) is 14.1. The van der Waals surface area contributed by atoms with E-state index in [-0.39, 0.29) is 48.1 Å². The molecule has 0 saturated heterocycles. The van der Waals surface area contributed by atoms with Crippen molar-refractivity contribution in [3.63, 3.8) is 0 Å². The molecule has 0 fully saturated rings. The van der Waals surface area contributed by atoms with Crippen molar-refractivity contribution in [3.8, 4) is 5.75 Å². The van der Waals surface area contributed by atoms with Gasteiger partial charge in [0.25, 0.3) is 11.8 Å². The molecule has 0 heterocycles. The normalized spacial score (nSPS) is 11.5. The number of nitrogens with zero attached hydrogens (tertiary/aromatic N) is 1. The van der Waals surface area contributed by atoms with Gasteiger partial charge in [0.2, 0.25) is 5.91 Å². The lowest BCUT2D eigenvalue weighted by atomic mass is 10.0. The minimum atomic E-state index is -0.889. The summed E-state index contributed by atoms with van der Waals surface area (Å²) in [4.78, 5) is 73.2. The van der Waals surface area contributed by atoms with E-state index in [4.69, 9.17) is 9.47 Å². The molecule has 234 valence electrons. The minimum absolute atomic E-state index is 0.0451. The summed E-state index contributed by atoms with van der Waals surface area (Å²) in [6.45, 7) is 6.14. The number of amides is 4. The molecule has 1 aromatic rings. The van der Waals surface area contributed by atoms with E-state index >= 15 is 0 Å². The number of hydrogen-bond donors (Lipinski definition) is 3. The van der Waals surface area contributed by atoms with Crippen molar-refractivity contribution in [2.75, 3.05) is 33.8 Å². The Kier molecular flexibility index (Phi) is 16.5. The van der Waals surface area contributed by atoms with E-state index in [9.17, 15) is 28.8 Å². The highest BCUT2D eigenvalue weighted by molar-refractivity contribution is 6.04. The number of nitrogens with one attached hydrogen (secondary N) is 3. The zero-order valence-corrected chi connectivity index (χ0v) is 25.5. The average molecular weight is 591 g/mol. The van der Waals surface area contributed by atoms with Crippen LogP contribution in [-0.2, 0) is 19.1 Å². The molecule has 1 atom stereocenters. The number of benzene rings is 1. The van der Waals surface area contributed by atoms with Gasteiger partial charge in [0.05, 0.1) is 11.6 Å². The number of alkyl carbamates (subject to hydrolysis) is 1. The van der Waals surface area contributed by atoms with Crippen molar-refractivity contribution in [3.05, 3.63) is 29.3 Å². The number of carbonyl (C=O) groups excluding carboxylic acids is 6. The molecule has 0 aromatic heterocycles. The first-order valence-corrected chi connectivity index (χ1v) is 14.3. The zero-order chi connectivity index (χ0) is 31.5. The maximum atomic E-state index is 13.2. The number of rotatable bonds is 19. The van der Waals surface area contributed by atoms with Crippen LogP contribution in [0.1, 0.15) is 92.9 Å². The smallest absolute Gasteiger partial charge is 0.407 e. The summed E-state index contributed by atoms with van der Waals surface area (Å²) in [7, 11) is 2.89. The summed E-state index contributed by atoms with van der Waals surface area (Å²) in [6.07, 6.45) is 6.42. The van der Waals surface area contributed by atoms with Crippen LogP contribution in [0.4, 0.5) is 4.79 Å². The Morgan fingerprint density at radius 2 is 1.55 bits per heavy atom. The van der Waals surface area contributed by atoms with Gasteiger partial charge >= 0.3 is 6.09 Å². The first-order chi connectivity index (χ1) is 19.9. The molecule has 0 aliphatic heterocycles. The SMILES string of the molecule is CNC(=O)CCC(C=O)N(C)C(=O)c1c(C=O)cccc1OCC(=O)NCCCCCCCCNC(=O)OC(C)(C)C. The van der Waals surface area contributed by atoms with Gasteiger partial charge in [-0.15, -0.1) is 0 Å². The Labute approximate surface area is 248 Å². The zero-order valence-electron chi connectivity index (χ0n) is 25.5. The molecule has 0 radical (unpaired) electrons. The third-order valence-electron chi connectivity index (χ3n) is 6.27. The van der Waals surface area contributed by atoms with Gasteiger partial charge in [-0.25, -0.2) is 4.79 Å². The summed E-state index contributed by atoms with van der Waals surface area (Å²) >= 11 is 0. The molecule has 12 heteroatoms. The van der Waals surface area contributed by atoms with Crippen molar-refractivity contribution in [2.24, 2.45) is 0 Å². The highest BCUT2D eigenvalue weighted by Crippen LogP contribution is 2.24. The molecule has 0 aliphatic rings. The van der Waals surface area contributed by atoms with Gasteiger partial charge in [0.1, 0.15) is 17.6 Å². The van der Waals surface area contributed by atoms with Gasteiger partial charge in [0.15, 0.2) is 12.9 Å². The third-order valence-corrected chi connectivity index (χ3v) is 6.27. The fourth-order valence-corrected chi connectivity index (χ4v) is 3.96. The number of aldehydes is 2. The lowest BCUT2D eigenvalue weighted by Gasteiger charge is -2.25. The van der Waals surface area contributed by atoms with E-state index in [1.54, 1.807) is 0 Å². The van der Waals surface area contributed by atoms with Gasteiger partial charge in [-0.2, -0.15) is 0 Å². The lowest BCUT2D eigenvalue weighted by molar-refractivity contribution is -0.123. The van der Waals surface area contributed by atoms with Gasteiger partial charge in [0, 0.05) is 39.2 Å². The van der Waals surface area contributed by atoms with Crippen LogP contribution in [0.15, 0.2) is 18.2 Å². The van der Waals surface area contributed by atoms with Crippen LogP contribution >= 0.6 is 0 Å². The van der Waals surface area contributed by atoms with E-state index in [0.29, 0.717) is 25.7 Å². The van der Waals surface area contributed by atoms with Gasteiger partial charge in [-0.1, -0.05) is 37.8 Å². The molecular formula is C30H46N4O8. The summed E-state index contributed by atoms with van der Waals surface area (Å²) in [5.74, 6) is -1.23. The van der Waals surface area contributed by atoms with Crippen LogP contribution in [-0.4, -0.2) is 86.7 Å². The van der Waals surface area contributed by atoms with Crippen molar-refractivity contribution in [2.45, 2.75) is 83.8 Å². The molecule has 1 aromatic carbocycles. The molecule has 1 rings (SSSR count). The van der Waals surface area contributed by atoms with Crippen LogP contribution < -0.4 is 20.7 Å². The summed E-state index contributed by atoms with van der Waals surface area (Å²) in [6, 6.07) is 3.56. The van der Waals surface area contributed by atoms with Crippen molar-refractivity contribution < 1.29 is 38.2 Å². The van der Waals surface area contributed by atoms with Crippen LogP contribution in [0.5, 0.6) is 5.75 Å². The molecule has 0 saturated carbocycles. The summed E-state index contributed by atoms with van der Waals surface area (Å²) in [5.41, 5.74) is -0.512. The molecule has 0 aliphatic carbocycles. The predicted molar refractivity (Wildman–Crippen MR) is 158 cm³/mol. The Bertz CT molecular complexity index is 1050. The molecule has 1 unspecified atom stereocenters. The van der Waals surface area contributed by atoms with Crippen molar-refractivity contribution >= 4 is 36.4 Å². The lowest BCUT2D eigenvalue weighted by Crippen LogP contribution is -2.39. The van der Waals surface area contributed by atoms with E-state index in [0.717, 1.165) is 43.4 Å². The van der Waals surface area contributed by atoms with E-state index < -0.39 is 23.6 Å². The fraction of sp³-hybridized carbons (Fsp3) is 0.600. The number of carbonyl (C=O) groups is 6. The van der Waals surface area contributed by atoms with E-state index in [1.165, 1.54) is 32.3 Å². The predicted octanol–water partition coefficient (Wildman–Crippen LogP) is 3.03. The molecule has 4 amide bonds. The monoisotopic (exact) mass is 590 g/mol. The van der Waals surface area contributed by atoms with Crippen LogP contribution in [0.25, 0.3) is 0 Å². The van der Waals surface area contributed by atoms with Gasteiger partial charge < -0.3 is 35.1 Å². The highest BCUT2D eigenvalue weighted by atomic mass is 16.6. The Hall–Kier alpha value is -3.96. The highest BCUT2D eigenvalue weighted by Gasteiger charge is 2.26. The first kappa shape index (κ1) is 36.1. The number of hydrogen-bond acceptors (Lipinski definition) is 8. The summed E-state index contributed by atoms with van der Waals surface area (Å²) < 4.78 is 10.8. The maximum absolute atomic E-state index is 13.2. The number of ether oxygens (including phenoxy) is 2. The standard InChI is InChI=1S/C30H46N4O8/c1-30(2,3)42-29(40)33-18-11-9-7-6-8-10-17-32-26(38)21-41-24-14-12-13-22(19-35)27(24)28(39)34(5)23(20-36)15-16-25(37)31-4/h12-14,19-20,23H,6-11,15-18,21H2,1-5H3,(H,31,37)(H,32,38)(H,33,40). The Balaban J connectivity index is 2.46. The van der Waals surface area contributed by atoms with E-state index in [2.05, 4.69) is 16.0 Å². The second-order valence-electron chi connectivity index (χ2n) is 10.9.